The monoisotopic (exact) mass is 279 g/mol. The first kappa shape index (κ1) is 15.1. The van der Waals surface area contributed by atoms with Gasteiger partial charge in [0, 0.05) is 25.5 Å². The zero-order valence-corrected chi connectivity index (χ0v) is 12.2. The normalized spacial score (nSPS) is 11.4. The molecule has 0 heterocycles. The fourth-order valence-corrected chi connectivity index (χ4v) is 1.83. The van der Waals surface area contributed by atoms with Crippen LogP contribution in [0.1, 0.15) is 11.1 Å². The predicted molar refractivity (Wildman–Crippen MR) is 90.7 cm³/mol. The second-order valence-corrected chi connectivity index (χ2v) is 4.64. The molecule has 0 unspecified atom stereocenters. The largest absolute Gasteiger partial charge is 0.313 e. The van der Waals surface area contributed by atoms with Crippen LogP contribution < -0.4 is 5.32 Å². The van der Waals surface area contributed by atoms with E-state index in [1.807, 2.05) is 48.8 Å². The summed E-state index contributed by atoms with van der Waals surface area (Å²) in [5.74, 6) is 0. The van der Waals surface area contributed by atoms with Crippen molar-refractivity contribution in [2.75, 3.05) is 26.2 Å². The van der Waals surface area contributed by atoms with Crippen LogP contribution in [-0.4, -0.2) is 38.6 Å². The van der Waals surface area contributed by atoms with Gasteiger partial charge in [-0.15, -0.1) is 0 Å². The van der Waals surface area contributed by atoms with Crippen molar-refractivity contribution in [1.29, 1.82) is 0 Å². The first-order valence-corrected chi connectivity index (χ1v) is 7.25. The lowest BCUT2D eigenvalue weighted by atomic mass is 10.2. The Morgan fingerprint density at radius 1 is 0.667 bits per heavy atom. The number of nitrogens with one attached hydrogen (secondary N) is 1. The summed E-state index contributed by atoms with van der Waals surface area (Å²) in [5.41, 5.74) is 2.29. The molecule has 0 aliphatic carbocycles. The van der Waals surface area contributed by atoms with Crippen molar-refractivity contribution in [3.63, 3.8) is 0 Å². The van der Waals surface area contributed by atoms with Crippen LogP contribution in [0.5, 0.6) is 0 Å². The summed E-state index contributed by atoms with van der Waals surface area (Å²) in [5, 5.41) is 3.33. The molecule has 0 bridgehead atoms. The molecule has 0 aliphatic rings. The van der Waals surface area contributed by atoms with E-state index in [2.05, 4.69) is 39.6 Å². The van der Waals surface area contributed by atoms with Crippen LogP contribution in [0, 0.1) is 0 Å². The first-order valence-electron chi connectivity index (χ1n) is 7.25. The van der Waals surface area contributed by atoms with Gasteiger partial charge in [0.15, 0.2) is 0 Å². The quantitative estimate of drug-likeness (QED) is 0.585. The van der Waals surface area contributed by atoms with Gasteiger partial charge in [0.2, 0.25) is 0 Å². The highest BCUT2D eigenvalue weighted by Crippen LogP contribution is 1.94. The van der Waals surface area contributed by atoms with E-state index in [0.29, 0.717) is 0 Å². The van der Waals surface area contributed by atoms with Gasteiger partial charge in [-0.3, -0.25) is 9.98 Å². The van der Waals surface area contributed by atoms with Crippen LogP contribution in [0.3, 0.4) is 0 Å². The summed E-state index contributed by atoms with van der Waals surface area (Å²) in [7, 11) is 0. The average molecular weight is 279 g/mol. The van der Waals surface area contributed by atoms with E-state index in [4.69, 9.17) is 0 Å². The molecule has 2 aromatic carbocycles. The summed E-state index contributed by atoms with van der Waals surface area (Å²) in [6.07, 6.45) is 3.82. The molecule has 2 rings (SSSR count). The highest BCUT2D eigenvalue weighted by Gasteiger charge is 1.87. The highest BCUT2D eigenvalue weighted by molar-refractivity contribution is 5.79. The van der Waals surface area contributed by atoms with E-state index >= 15 is 0 Å². The molecule has 21 heavy (non-hydrogen) atoms. The van der Waals surface area contributed by atoms with E-state index in [1.165, 1.54) is 0 Å². The summed E-state index contributed by atoms with van der Waals surface area (Å²) in [6, 6.07) is 20.3. The van der Waals surface area contributed by atoms with Gasteiger partial charge in [0.25, 0.3) is 0 Å². The van der Waals surface area contributed by atoms with Crippen LogP contribution in [0.2, 0.25) is 0 Å². The molecule has 0 amide bonds. The minimum atomic E-state index is 0.789. The molecular weight excluding hydrogens is 258 g/mol. The van der Waals surface area contributed by atoms with Crippen molar-refractivity contribution < 1.29 is 0 Å². The van der Waals surface area contributed by atoms with Crippen molar-refractivity contribution in [1.82, 2.24) is 5.32 Å². The molecule has 0 fully saturated rings. The maximum Gasteiger partial charge on any atom is 0.0514 e. The Balaban J connectivity index is 1.52. The second-order valence-electron chi connectivity index (χ2n) is 4.64. The van der Waals surface area contributed by atoms with Gasteiger partial charge in [-0.2, -0.15) is 0 Å². The van der Waals surface area contributed by atoms with Crippen LogP contribution in [0.4, 0.5) is 0 Å². The van der Waals surface area contributed by atoms with E-state index in [0.717, 1.165) is 37.3 Å². The van der Waals surface area contributed by atoms with Crippen molar-refractivity contribution in [3.05, 3.63) is 71.8 Å². The summed E-state index contributed by atoms with van der Waals surface area (Å²) in [6.45, 7) is 3.34. The second kappa shape index (κ2) is 9.61. The minimum absolute atomic E-state index is 0.789. The summed E-state index contributed by atoms with van der Waals surface area (Å²) < 4.78 is 0. The molecule has 0 atom stereocenters. The lowest BCUT2D eigenvalue weighted by Crippen LogP contribution is -2.20. The first-order chi connectivity index (χ1) is 10.4. The van der Waals surface area contributed by atoms with E-state index < -0.39 is 0 Å². The standard InChI is InChI=1S/C18H21N3/c1-3-7-17(8-4-1)15-20-13-11-19-12-14-21-16-18-9-5-2-6-10-18/h1-10,15-16,19H,11-14H2/b20-15-,21-16+. The lowest BCUT2D eigenvalue weighted by molar-refractivity contribution is 0.699. The van der Waals surface area contributed by atoms with Gasteiger partial charge in [-0.25, -0.2) is 0 Å². The molecule has 1 N–H and O–H groups in total. The number of aliphatic imine (C=N–C) groups is 2. The van der Waals surface area contributed by atoms with E-state index in [1.54, 1.807) is 0 Å². The topological polar surface area (TPSA) is 36.8 Å². The molecule has 0 saturated heterocycles. The van der Waals surface area contributed by atoms with Crippen LogP contribution in [-0.2, 0) is 0 Å². The SMILES string of the molecule is C(=N/CCNCC/N=C/c1ccccc1)/c1ccccc1. The molecule has 3 nitrogen and oxygen atoms in total. The zero-order chi connectivity index (χ0) is 14.6. The molecule has 0 spiro atoms. The fourth-order valence-electron chi connectivity index (χ4n) is 1.83. The molecule has 2 aromatic rings. The third-order valence-corrected chi connectivity index (χ3v) is 2.92. The van der Waals surface area contributed by atoms with Crippen LogP contribution in [0.15, 0.2) is 70.6 Å². The summed E-state index contributed by atoms with van der Waals surface area (Å²) >= 11 is 0. The molecule has 0 radical (unpaired) electrons. The number of nitrogens with zero attached hydrogens (tertiary/aromatic N) is 2. The van der Waals surface area contributed by atoms with Gasteiger partial charge in [0.1, 0.15) is 0 Å². The Morgan fingerprint density at radius 2 is 1.10 bits per heavy atom. The van der Waals surface area contributed by atoms with Crippen molar-refractivity contribution in [2.45, 2.75) is 0 Å². The molecule has 0 aliphatic heterocycles. The van der Waals surface area contributed by atoms with Crippen LogP contribution in [0.25, 0.3) is 0 Å². The Kier molecular flexibility index (Phi) is 6.93. The Bertz CT molecular complexity index is 496. The number of rotatable bonds is 8. The van der Waals surface area contributed by atoms with Gasteiger partial charge < -0.3 is 5.32 Å². The maximum atomic E-state index is 4.38. The predicted octanol–water partition coefficient (Wildman–Crippen LogP) is 2.81. The fraction of sp³-hybridized carbons (Fsp3) is 0.222. The van der Waals surface area contributed by atoms with E-state index in [9.17, 15) is 0 Å². The number of benzene rings is 2. The van der Waals surface area contributed by atoms with Crippen molar-refractivity contribution in [3.8, 4) is 0 Å². The minimum Gasteiger partial charge on any atom is -0.313 e. The smallest absolute Gasteiger partial charge is 0.0514 e. The van der Waals surface area contributed by atoms with Gasteiger partial charge in [-0.1, -0.05) is 60.7 Å². The van der Waals surface area contributed by atoms with Crippen LogP contribution >= 0.6 is 0 Å². The van der Waals surface area contributed by atoms with Crippen molar-refractivity contribution in [2.24, 2.45) is 9.98 Å². The third kappa shape index (κ3) is 6.63. The maximum absolute atomic E-state index is 4.38. The third-order valence-electron chi connectivity index (χ3n) is 2.92. The summed E-state index contributed by atoms with van der Waals surface area (Å²) in [4.78, 5) is 8.76. The molecular formula is C18H21N3. The van der Waals surface area contributed by atoms with E-state index in [-0.39, 0.29) is 0 Å². The Labute approximate surface area is 126 Å². The number of hydrogen-bond donors (Lipinski definition) is 1. The lowest BCUT2D eigenvalue weighted by Gasteiger charge is -1.99. The Morgan fingerprint density at radius 3 is 1.52 bits per heavy atom. The zero-order valence-electron chi connectivity index (χ0n) is 12.2. The molecule has 108 valence electrons. The average Bonchev–Trinajstić information content (AvgIpc) is 2.55. The molecule has 0 saturated carbocycles. The van der Waals surface area contributed by atoms with Gasteiger partial charge in [0.05, 0.1) is 13.1 Å². The van der Waals surface area contributed by atoms with Crippen molar-refractivity contribution >= 4 is 12.4 Å². The number of hydrogen-bond acceptors (Lipinski definition) is 3. The molecule has 0 aromatic heterocycles. The Hall–Kier alpha value is -2.26. The molecule has 3 heteroatoms. The van der Waals surface area contributed by atoms with Gasteiger partial charge in [-0.05, 0) is 11.1 Å². The highest BCUT2D eigenvalue weighted by atomic mass is 14.9. The van der Waals surface area contributed by atoms with Gasteiger partial charge >= 0.3 is 0 Å².